The first kappa shape index (κ1) is 19.3. The molecule has 3 N–H and O–H groups in total. The van der Waals surface area contributed by atoms with Gasteiger partial charge in [0, 0.05) is 11.6 Å². The van der Waals surface area contributed by atoms with Crippen LogP contribution in [-0.2, 0) is 4.79 Å². The molecule has 3 aromatic rings. The van der Waals surface area contributed by atoms with Crippen molar-refractivity contribution in [1.82, 2.24) is 15.2 Å². The molecule has 0 unspecified atom stereocenters. The summed E-state index contributed by atoms with van der Waals surface area (Å²) < 4.78 is 10.5. The monoisotopic (exact) mass is 399 g/mol. The summed E-state index contributed by atoms with van der Waals surface area (Å²) in [6.07, 6.45) is 1.44. The van der Waals surface area contributed by atoms with Crippen LogP contribution in [0.1, 0.15) is 5.56 Å². The molecule has 1 heterocycles. The molecule has 0 saturated heterocycles. The van der Waals surface area contributed by atoms with Crippen molar-refractivity contribution in [3.63, 3.8) is 0 Å². The van der Waals surface area contributed by atoms with E-state index in [-0.39, 0.29) is 15.8 Å². The van der Waals surface area contributed by atoms with Crippen LogP contribution < -0.4 is 9.47 Å². The molecular weight excluding hydrogens is 382 g/mol. The summed E-state index contributed by atoms with van der Waals surface area (Å²) in [4.78, 5) is 15.9. The van der Waals surface area contributed by atoms with Crippen LogP contribution in [0.15, 0.2) is 52.5 Å². The standard InChI is InChI=1S/C19H17N3O5S/c1-26-14-8-12(9-15(10-14)27-2)17-20-19(22-21-17)28-16(18(24)25)7-11-4-3-5-13(23)6-11/h3-10,23H,1-2H3,(H,24,25)(H,20,21,22)/b16-7+. The van der Waals surface area contributed by atoms with Gasteiger partial charge in [0.2, 0.25) is 5.16 Å². The average molecular weight is 399 g/mol. The van der Waals surface area contributed by atoms with Crippen molar-refractivity contribution in [1.29, 1.82) is 0 Å². The lowest BCUT2D eigenvalue weighted by atomic mass is 10.2. The first-order valence-electron chi connectivity index (χ1n) is 8.06. The Morgan fingerprint density at radius 2 is 1.86 bits per heavy atom. The molecule has 0 amide bonds. The lowest BCUT2D eigenvalue weighted by Gasteiger charge is -2.06. The van der Waals surface area contributed by atoms with Crippen molar-refractivity contribution in [2.45, 2.75) is 5.16 Å². The number of phenols is 1. The summed E-state index contributed by atoms with van der Waals surface area (Å²) in [5.74, 6) is 0.560. The van der Waals surface area contributed by atoms with Gasteiger partial charge in [-0.25, -0.2) is 9.78 Å². The molecule has 28 heavy (non-hydrogen) atoms. The molecule has 0 aliphatic carbocycles. The number of aromatic hydroxyl groups is 1. The quantitative estimate of drug-likeness (QED) is 0.409. The molecule has 0 bridgehead atoms. The normalized spacial score (nSPS) is 11.3. The van der Waals surface area contributed by atoms with E-state index in [0.29, 0.717) is 28.5 Å². The number of thioether (sulfide) groups is 1. The van der Waals surface area contributed by atoms with Gasteiger partial charge < -0.3 is 19.7 Å². The highest BCUT2D eigenvalue weighted by Gasteiger charge is 2.15. The van der Waals surface area contributed by atoms with Gasteiger partial charge in [-0.05, 0) is 47.7 Å². The van der Waals surface area contributed by atoms with Crippen molar-refractivity contribution in [3.05, 3.63) is 52.9 Å². The molecule has 8 nitrogen and oxygen atoms in total. The van der Waals surface area contributed by atoms with E-state index in [2.05, 4.69) is 15.2 Å². The highest BCUT2D eigenvalue weighted by atomic mass is 32.2. The number of benzene rings is 2. The molecule has 144 valence electrons. The van der Waals surface area contributed by atoms with Crippen LogP contribution in [0.4, 0.5) is 0 Å². The number of H-pyrrole nitrogens is 1. The van der Waals surface area contributed by atoms with E-state index in [4.69, 9.17) is 9.47 Å². The van der Waals surface area contributed by atoms with Gasteiger partial charge in [0.15, 0.2) is 5.82 Å². The van der Waals surface area contributed by atoms with Crippen LogP contribution in [0, 0.1) is 0 Å². The zero-order valence-electron chi connectivity index (χ0n) is 15.0. The lowest BCUT2D eigenvalue weighted by Crippen LogP contribution is -1.97. The number of carboxylic acid groups (broad SMARTS) is 1. The molecule has 2 aromatic carbocycles. The summed E-state index contributed by atoms with van der Waals surface area (Å²) in [6, 6.07) is 11.6. The van der Waals surface area contributed by atoms with E-state index in [1.54, 1.807) is 44.6 Å². The topological polar surface area (TPSA) is 118 Å². The number of hydrogen-bond donors (Lipinski definition) is 3. The van der Waals surface area contributed by atoms with Gasteiger partial charge >= 0.3 is 5.97 Å². The Kier molecular flexibility index (Phi) is 5.85. The van der Waals surface area contributed by atoms with Crippen LogP contribution in [0.5, 0.6) is 17.2 Å². The number of hydrogen-bond acceptors (Lipinski definition) is 7. The lowest BCUT2D eigenvalue weighted by molar-refractivity contribution is -0.131. The second-order valence-corrected chi connectivity index (χ2v) is 6.59. The Balaban J connectivity index is 1.88. The Morgan fingerprint density at radius 3 is 2.46 bits per heavy atom. The maximum atomic E-state index is 11.6. The fourth-order valence-corrected chi connectivity index (χ4v) is 3.07. The molecule has 0 saturated carbocycles. The Hall–Kier alpha value is -3.46. The average Bonchev–Trinajstić information content (AvgIpc) is 3.15. The molecule has 1 aromatic heterocycles. The largest absolute Gasteiger partial charge is 0.508 e. The summed E-state index contributed by atoms with van der Waals surface area (Å²) in [7, 11) is 3.09. The van der Waals surface area contributed by atoms with Crippen molar-refractivity contribution < 1.29 is 24.5 Å². The van der Waals surface area contributed by atoms with Gasteiger partial charge in [-0.1, -0.05) is 12.1 Å². The van der Waals surface area contributed by atoms with Crippen LogP contribution in [0.25, 0.3) is 17.5 Å². The van der Waals surface area contributed by atoms with Gasteiger partial charge in [-0.2, -0.15) is 0 Å². The third kappa shape index (κ3) is 4.63. The third-order valence-electron chi connectivity index (χ3n) is 3.67. The number of aromatic nitrogens is 3. The highest BCUT2D eigenvalue weighted by molar-refractivity contribution is 8.04. The predicted octanol–water partition coefficient (Wildman–Crippen LogP) is 3.41. The predicted molar refractivity (Wildman–Crippen MR) is 104 cm³/mol. The first-order chi connectivity index (χ1) is 13.5. The molecule has 0 atom stereocenters. The highest BCUT2D eigenvalue weighted by Crippen LogP contribution is 2.31. The number of phenolic OH excluding ortho intramolecular Hbond substituents is 1. The SMILES string of the molecule is COc1cc(OC)cc(-c2nc(S/C(=C/c3cccc(O)c3)C(=O)O)n[nH]2)c1. The zero-order valence-corrected chi connectivity index (χ0v) is 15.9. The number of rotatable bonds is 7. The van der Waals surface area contributed by atoms with Crippen LogP contribution >= 0.6 is 11.8 Å². The number of aromatic amines is 1. The van der Waals surface area contributed by atoms with E-state index in [9.17, 15) is 15.0 Å². The number of carbonyl (C=O) groups is 1. The first-order valence-corrected chi connectivity index (χ1v) is 8.88. The summed E-state index contributed by atoms with van der Waals surface area (Å²) >= 11 is 0.897. The van der Waals surface area contributed by atoms with E-state index in [1.165, 1.54) is 18.2 Å². The molecule has 0 radical (unpaired) electrons. The molecular formula is C19H17N3O5S. The second kappa shape index (κ2) is 8.49. The smallest absolute Gasteiger partial charge is 0.342 e. The van der Waals surface area contributed by atoms with E-state index in [1.807, 2.05) is 0 Å². The van der Waals surface area contributed by atoms with Crippen molar-refractivity contribution in [2.75, 3.05) is 14.2 Å². The maximum Gasteiger partial charge on any atom is 0.342 e. The third-order valence-corrected chi connectivity index (χ3v) is 4.55. The van der Waals surface area contributed by atoms with Crippen molar-refractivity contribution in [2.24, 2.45) is 0 Å². The van der Waals surface area contributed by atoms with Crippen LogP contribution in [0.3, 0.4) is 0 Å². The Morgan fingerprint density at radius 1 is 1.14 bits per heavy atom. The summed E-state index contributed by atoms with van der Waals surface area (Å²) in [5.41, 5.74) is 1.24. The number of methoxy groups -OCH3 is 2. The summed E-state index contributed by atoms with van der Waals surface area (Å²) in [6.45, 7) is 0. The molecule has 0 fully saturated rings. The van der Waals surface area contributed by atoms with Gasteiger partial charge in [0.1, 0.15) is 22.2 Å². The molecule has 0 aliphatic heterocycles. The van der Waals surface area contributed by atoms with E-state index < -0.39 is 5.97 Å². The van der Waals surface area contributed by atoms with Crippen molar-refractivity contribution >= 4 is 23.8 Å². The number of ether oxygens (including phenoxy) is 2. The van der Waals surface area contributed by atoms with E-state index in [0.717, 1.165) is 11.8 Å². The minimum absolute atomic E-state index is 0.0133. The molecule has 9 heteroatoms. The van der Waals surface area contributed by atoms with Gasteiger partial charge in [0.25, 0.3) is 0 Å². The molecule has 3 rings (SSSR count). The molecule has 0 aliphatic rings. The second-order valence-electron chi connectivity index (χ2n) is 5.58. The zero-order chi connectivity index (χ0) is 20.1. The number of nitrogens with zero attached hydrogens (tertiary/aromatic N) is 2. The number of carboxylic acids is 1. The van der Waals surface area contributed by atoms with Crippen molar-refractivity contribution in [3.8, 4) is 28.6 Å². The minimum Gasteiger partial charge on any atom is -0.508 e. The number of aliphatic carboxylic acids is 1. The van der Waals surface area contributed by atoms with Gasteiger partial charge in [-0.15, -0.1) is 5.10 Å². The molecule has 0 spiro atoms. The van der Waals surface area contributed by atoms with Gasteiger partial charge in [0.05, 0.1) is 14.2 Å². The number of nitrogens with one attached hydrogen (secondary N) is 1. The van der Waals surface area contributed by atoms with Crippen LogP contribution in [0.2, 0.25) is 0 Å². The van der Waals surface area contributed by atoms with E-state index >= 15 is 0 Å². The maximum absolute atomic E-state index is 11.6. The van der Waals surface area contributed by atoms with Gasteiger partial charge in [-0.3, -0.25) is 5.10 Å². The fraction of sp³-hybridized carbons (Fsp3) is 0.105. The summed E-state index contributed by atoms with van der Waals surface area (Å²) in [5, 5.41) is 26.1. The Labute approximate surface area is 164 Å². The fourth-order valence-electron chi connectivity index (χ4n) is 2.36. The van der Waals surface area contributed by atoms with Crippen LogP contribution in [-0.4, -0.2) is 45.6 Å². The Bertz CT molecular complexity index is 1010. The minimum atomic E-state index is -1.12.